The molecular formula is C10H14ClN3. The van der Waals surface area contributed by atoms with Gasteiger partial charge < -0.3 is 11.1 Å². The molecule has 0 aliphatic rings. The third-order valence-electron chi connectivity index (χ3n) is 1.89. The highest BCUT2D eigenvalue weighted by molar-refractivity contribution is 6.30. The van der Waals surface area contributed by atoms with E-state index in [1.807, 2.05) is 0 Å². The predicted octanol–water partition coefficient (Wildman–Crippen LogP) is 2.70. The zero-order valence-electron chi connectivity index (χ0n) is 8.18. The Morgan fingerprint density at radius 2 is 2.43 bits per heavy atom. The zero-order chi connectivity index (χ0) is 10.6. The lowest BCUT2D eigenvalue weighted by molar-refractivity contribution is 1.04. The van der Waals surface area contributed by atoms with Crippen molar-refractivity contribution < 1.29 is 0 Å². The van der Waals surface area contributed by atoms with Crippen LogP contribution in [-0.2, 0) is 0 Å². The first kappa shape index (κ1) is 10.9. The summed E-state index contributed by atoms with van der Waals surface area (Å²) in [5.41, 5.74) is 7.38. The van der Waals surface area contributed by atoms with Crippen LogP contribution in [0.5, 0.6) is 0 Å². The molecule has 1 aromatic heterocycles. The molecule has 0 radical (unpaired) electrons. The number of aromatic nitrogens is 1. The van der Waals surface area contributed by atoms with Gasteiger partial charge in [-0.25, -0.2) is 4.98 Å². The fraction of sp³-hybridized carbons (Fsp3) is 0.300. The van der Waals surface area contributed by atoms with Crippen LogP contribution in [0, 0.1) is 0 Å². The molecule has 0 aliphatic carbocycles. The molecule has 14 heavy (non-hydrogen) atoms. The Bertz CT molecular complexity index is 336. The Hall–Kier alpha value is -1.22. The summed E-state index contributed by atoms with van der Waals surface area (Å²) in [6, 6.07) is 1.67. The topological polar surface area (TPSA) is 50.9 Å². The van der Waals surface area contributed by atoms with Crippen molar-refractivity contribution >= 4 is 23.1 Å². The molecule has 1 rings (SSSR count). The van der Waals surface area contributed by atoms with Crippen LogP contribution in [-0.4, -0.2) is 11.5 Å². The van der Waals surface area contributed by atoms with Gasteiger partial charge in [-0.15, -0.1) is 0 Å². The number of nitrogens with zero attached hydrogens (tertiary/aromatic N) is 1. The maximum Gasteiger partial charge on any atom is 0.149 e. The van der Waals surface area contributed by atoms with Crippen molar-refractivity contribution in [2.24, 2.45) is 0 Å². The SMILES string of the molecule is C=C(CC)CNc1ncc(Cl)cc1N. The van der Waals surface area contributed by atoms with Gasteiger partial charge in [-0.1, -0.05) is 30.7 Å². The summed E-state index contributed by atoms with van der Waals surface area (Å²) < 4.78 is 0. The minimum atomic E-state index is 0.544. The van der Waals surface area contributed by atoms with Crippen LogP contribution < -0.4 is 11.1 Å². The number of halogens is 1. The molecule has 76 valence electrons. The second-order valence-corrected chi connectivity index (χ2v) is 3.48. The van der Waals surface area contributed by atoms with E-state index in [0.29, 0.717) is 23.1 Å². The number of hydrogen-bond donors (Lipinski definition) is 2. The van der Waals surface area contributed by atoms with Crippen LogP contribution in [0.2, 0.25) is 5.02 Å². The van der Waals surface area contributed by atoms with Gasteiger partial charge in [0.1, 0.15) is 5.82 Å². The Morgan fingerprint density at radius 3 is 3.00 bits per heavy atom. The maximum absolute atomic E-state index is 5.72. The summed E-state index contributed by atoms with van der Waals surface area (Å²) in [6.45, 7) is 6.63. The van der Waals surface area contributed by atoms with Crippen molar-refractivity contribution in [1.29, 1.82) is 0 Å². The molecule has 0 amide bonds. The van der Waals surface area contributed by atoms with Gasteiger partial charge in [-0.05, 0) is 12.5 Å². The second kappa shape index (κ2) is 4.86. The Morgan fingerprint density at radius 1 is 1.71 bits per heavy atom. The first-order valence-electron chi connectivity index (χ1n) is 4.45. The molecule has 1 heterocycles. The quantitative estimate of drug-likeness (QED) is 0.753. The van der Waals surface area contributed by atoms with E-state index in [9.17, 15) is 0 Å². The van der Waals surface area contributed by atoms with Gasteiger partial charge in [0.15, 0.2) is 0 Å². The van der Waals surface area contributed by atoms with Crippen molar-refractivity contribution in [2.45, 2.75) is 13.3 Å². The first-order valence-corrected chi connectivity index (χ1v) is 4.82. The molecule has 0 aromatic carbocycles. The van der Waals surface area contributed by atoms with Gasteiger partial charge in [0.2, 0.25) is 0 Å². The highest BCUT2D eigenvalue weighted by Crippen LogP contribution is 2.19. The minimum Gasteiger partial charge on any atom is -0.396 e. The molecule has 0 spiro atoms. The number of anilines is 2. The average molecular weight is 212 g/mol. The molecule has 0 unspecified atom stereocenters. The Balaban J connectivity index is 2.63. The van der Waals surface area contributed by atoms with E-state index in [1.165, 1.54) is 0 Å². The van der Waals surface area contributed by atoms with Crippen LogP contribution in [0.3, 0.4) is 0 Å². The lowest BCUT2D eigenvalue weighted by Crippen LogP contribution is -2.07. The molecule has 0 atom stereocenters. The van der Waals surface area contributed by atoms with Crippen LogP contribution in [0.15, 0.2) is 24.4 Å². The molecule has 0 fully saturated rings. The summed E-state index contributed by atoms with van der Waals surface area (Å²) in [4.78, 5) is 4.07. The Labute approximate surface area is 89.0 Å². The number of nitrogen functional groups attached to an aromatic ring is 1. The normalized spacial score (nSPS) is 9.86. The van der Waals surface area contributed by atoms with Gasteiger partial charge >= 0.3 is 0 Å². The van der Waals surface area contributed by atoms with Crippen molar-refractivity contribution in [1.82, 2.24) is 4.98 Å². The molecule has 3 N–H and O–H groups in total. The monoisotopic (exact) mass is 211 g/mol. The van der Waals surface area contributed by atoms with E-state index in [-0.39, 0.29) is 0 Å². The van der Waals surface area contributed by atoms with Gasteiger partial charge in [0.05, 0.1) is 10.7 Å². The van der Waals surface area contributed by atoms with E-state index in [1.54, 1.807) is 12.3 Å². The van der Waals surface area contributed by atoms with E-state index >= 15 is 0 Å². The highest BCUT2D eigenvalue weighted by Gasteiger charge is 2.00. The van der Waals surface area contributed by atoms with Gasteiger partial charge in [0, 0.05) is 12.7 Å². The molecule has 0 bridgehead atoms. The van der Waals surface area contributed by atoms with E-state index in [2.05, 4.69) is 23.8 Å². The van der Waals surface area contributed by atoms with Gasteiger partial charge in [-0.2, -0.15) is 0 Å². The van der Waals surface area contributed by atoms with Crippen LogP contribution >= 0.6 is 11.6 Å². The summed E-state index contributed by atoms with van der Waals surface area (Å²) in [5, 5.41) is 3.64. The molecule has 0 aliphatic heterocycles. The van der Waals surface area contributed by atoms with Gasteiger partial charge in [0.25, 0.3) is 0 Å². The van der Waals surface area contributed by atoms with Crippen LogP contribution in [0.4, 0.5) is 11.5 Å². The minimum absolute atomic E-state index is 0.544. The highest BCUT2D eigenvalue weighted by atomic mass is 35.5. The van der Waals surface area contributed by atoms with Crippen molar-refractivity contribution in [2.75, 3.05) is 17.6 Å². The number of hydrogen-bond acceptors (Lipinski definition) is 3. The molecule has 1 aromatic rings. The number of rotatable bonds is 4. The van der Waals surface area contributed by atoms with Crippen LogP contribution in [0.25, 0.3) is 0 Å². The Kier molecular flexibility index (Phi) is 3.77. The van der Waals surface area contributed by atoms with Crippen molar-refractivity contribution in [3.63, 3.8) is 0 Å². The number of nitrogens with two attached hydrogens (primary N) is 1. The molecule has 4 heteroatoms. The first-order chi connectivity index (χ1) is 6.63. The number of pyridine rings is 1. The standard InChI is InChI=1S/C10H14ClN3/c1-3-7(2)5-13-10-9(12)4-8(11)6-14-10/h4,6H,2-3,5,12H2,1H3,(H,13,14). The van der Waals surface area contributed by atoms with E-state index < -0.39 is 0 Å². The second-order valence-electron chi connectivity index (χ2n) is 3.05. The summed E-state index contributed by atoms with van der Waals surface area (Å²) >= 11 is 5.72. The fourth-order valence-corrected chi connectivity index (χ4v) is 1.10. The third kappa shape index (κ3) is 2.92. The summed E-state index contributed by atoms with van der Waals surface area (Å²) in [5.74, 6) is 0.656. The lowest BCUT2D eigenvalue weighted by Gasteiger charge is -2.08. The van der Waals surface area contributed by atoms with Crippen LogP contribution in [0.1, 0.15) is 13.3 Å². The number of nitrogens with one attached hydrogen (secondary N) is 1. The fourth-order valence-electron chi connectivity index (χ4n) is 0.936. The van der Waals surface area contributed by atoms with E-state index in [4.69, 9.17) is 17.3 Å². The molecule has 0 saturated heterocycles. The van der Waals surface area contributed by atoms with Crippen molar-refractivity contribution in [3.8, 4) is 0 Å². The molecule has 0 saturated carbocycles. The molecular weight excluding hydrogens is 198 g/mol. The average Bonchev–Trinajstić information content (AvgIpc) is 2.16. The zero-order valence-corrected chi connectivity index (χ0v) is 8.93. The van der Waals surface area contributed by atoms with Crippen molar-refractivity contribution in [3.05, 3.63) is 29.4 Å². The maximum atomic E-state index is 5.72. The smallest absolute Gasteiger partial charge is 0.149 e. The molecule has 3 nitrogen and oxygen atoms in total. The van der Waals surface area contributed by atoms with E-state index in [0.717, 1.165) is 12.0 Å². The summed E-state index contributed by atoms with van der Waals surface area (Å²) in [6.07, 6.45) is 2.51. The lowest BCUT2D eigenvalue weighted by atomic mass is 10.2. The summed E-state index contributed by atoms with van der Waals surface area (Å²) in [7, 11) is 0. The third-order valence-corrected chi connectivity index (χ3v) is 2.10. The predicted molar refractivity (Wildman–Crippen MR) is 61.6 cm³/mol. The largest absolute Gasteiger partial charge is 0.396 e. The van der Waals surface area contributed by atoms with Gasteiger partial charge in [-0.3, -0.25) is 0 Å².